The van der Waals surface area contributed by atoms with E-state index in [9.17, 15) is 0 Å². The van der Waals surface area contributed by atoms with Crippen molar-refractivity contribution in [2.24, 2.45) is 5.92 Å². The fraction of sp³-hybridized carbons (Fsp3) is 0.739. The average molecular weight is 341 g/mol. The van der Waals surface area contributed by atoms with Gasteiger partial charge in [0.2, 0.25) is 0 Å². The Hall–Kier alpha value is -0.860. The Morgan fingerprint density at radius 1 is 1.04 bits per heavy atom. The van der Waals surface area contributed by atoms with Gasteiger partial charge in [-0.15, -0.1) is 0 Å². The van der Waals surface area contributed by atoms with Gasteiger partial charge in [-0.25, -0.2) is 0 Å². The zero-order valence-corrected chi connectivity index (χ0v) is 16.2. The van der Waals surface area contributed by atoms with E-state index in [-0.39, 0.29) is 0 Å². The third kappa shape index (κ3) is 3.95. The SMILES string of the molecule is Cc1ccc2c(c1)C1(CCN(CC3CCCCCCC3)CC1)CNC2. The predicted octanol–water partition coefficient (Wildman–Crippen LogP) is 4.79. The molecule has 3 aliphatic rings. The van der Waals surface area contributed by atoms with Crippen LogP contribution in [0.4, 0.5) is 0 Å². The van der Waals surface area contributed by atoms with E-state index in [0.717, 1.165) is 12.5 Å². The van der Waals surface area contributed by atoms with Crippen LogP contribution in [-0.2, 0) is 12.0 Å². The fourth-order valence-corrected chi connectivity index (χ4v) is 5.57. The van der Waals surface area contributed by atoms with Gasteiger partial charge in [-0.05, 0) is 62.7 Å². The summed E-state index contributed by atoms with van der Waals surface area (Å²) in [5, 5.41) is 3.71. The number of fused-ring (bicyclic) bond motifs is 2. The maximum atomic E-state index is 3.71. The van der Waals surface area contributed by atoms with Crippen molar-refractivity contribution >= 4 is 0 Å². The van der Waals surface area contributed by atoms with Gasteiger partial charge in [0.25, 0.3) is 0 Å². The van der Waals surface area contributed by atoms with E-state index in [4.69, 9.17) is 0 Å². The molecule has 1 aliphatic carbocycles. The first kappa shape index (κ1) is 17.5. The third-order valence-corrected chi connectivity index (χ3v) is 7.17. The predicted molar refractivity (Wildman–Crippen MR) is 106 cm³/mol. The number of benzene rings is 1. The molecule has 2 heteroatoms. The number of rotatable bonds is 2. The van der Waals surface area contributed by atoms with E-state index in [2.05, 4.69) is 35.3 Å². The number of hydrogen-bond donors (Lipinski definition) is 1. The summed E-state index contributed by atoms with van der Waals surface area (Å²) in [6, 6.07) is 7.13. The van der Waals surface area contributed by atoms with Gasteiger partial charge in [0, 0.05) is 25.0 Å². The first-order valence-corrected chi connectivity index (χ1v) is 10.8. The van der Waals surface area contributed by atoms with Gasteiger partial charge in [0.1, 0.15) is 0 Å². The highest BCUT2D eigenvalue weighted by Crippen LogP contribution is 2.40. The van der Waals surface area contributed by atoms with Crippen molar-refractivity contribution in [1.82, 2.24) is 10.2 Å². The summed E-state index contributed by atoms with van der Waals surface area (Å²) < 4.78 is 0. The summed E-state index contributed by atoms with van der Waals surface area (Å²) in [7, 11) is 0. The number of nitrogens with zero attached hydrogens (tertiary/aromatic N) is 1. The van der Waals surface area contributed by atoms with Crippen molar-refractivity contribution in [3.05, 3.63) is 34.9 Å². The molecule has 0 radical (unpaired) electrons. The smallest absolute Gasteiger partial charge is 0.0208 e. The standard InChI is InChI=1S/C23H36N2/c1-19-9-10-21-16-24-18-23(22(21)15-19)11-13-25(14-12-23)17-20-7-5-3-2-4-6-8-20/h9-10,15,20,24H,2-8,11-14,16-18H2,1H3. The molecule has 1 aromatic carbocycles. The summed E-state index contributed by atoms with van der Waals surface area (Å²) in [5.41, 5.74) is 5.04. The summed E-state index contributed by atoms with van der Waals surface area (Å²) in [5.74, 6) is 0.966. The molecule has 0 unspecified atom stereocenters. The van der Waals surface area contributed by atoms with Gasteiger partial charge in [0.05, 0.1) is 0 Å². The molecule has 2 fully saturated rings. The Morgan fingerprint density at radius 3 is 2.52 bits per heavy atom. The molecule has 0 bridgehead atoms. The number of nitrogens with one attached hydrogen (secondary N) is 1. The molecule has 2 aliphatic heterocycles. The molecule has 1 spiro atoms. The molecule has 25 heavy (non-hydrogen) atoms. The molecular formula is C23H36N2. The van der Waals surface area contributed by atoms with Crippen LogP contribution in [0.25, 0.3) is 0 Å². The molecule has 2 nitrogen and oxygen atoms in total. The maximum absolute atomic E-state index is 3.71. The molecule has 138 valence electrons. The van der Waals surface area contributed by atoms with Crippen LogP contribution in [0.15, 0.2) is 18.2 Å². The average Bonchev–Trinajstić information content (AvgIpc) is 2.60. The molecule has 1 saturated carbocycles. The van der Waals surface area contributed by atoms with Crippen LogP contribution in [0.5, 0.6) is 0 Å². The second kappa shape index (κ2) is 7.80. The molecule has 1 saturated heterocycles. The summed E-state index contributed by atoms with van der Waals surface area (Å²) >= 11 is 0. The highest BCUT2D eigenvalue weighted by atomic mass is 15.1. The monoisotopic (exact) mass is 340 g/mol. The van der Waals surface area contributed by atoms with Crippen molar-refractivity contribution in [2.45, 2.75) is 76.7 Å². The minimum Gasteiger partial charge on any atom is -0.312 e. The van der Waals surface area contributed by atoms with Crippen LogP contribution in [0.3, 0.4) is 0 Å². The zero-order chi connectivity index (χ0) is 17.1. The molecular weight excluding hydrogens is 304 g/mol. The van der Waals surface area contributed by atoms with Crippen molar-refractivity contribution in [3.63, 3.8) is 0 Å². The molecule has 1 aromatic rings. The minimum atomic E-state index is 0.400. The van der Waals surface area contributed by atoms with Crippen molar-refractivity contribution < 1.29 is 0 Å². The summed E-state index contributed by atoms with van der Waals surface area (Å²) in [6.07, 6.45) is 13.0. The highest BCUT2D eigenvalue weighted by Gasteiger charge is 2.39. The van der Waals surface area contributed by atoms with E-state index in [1.54, 1.807) is 11.1 Å². The number of piperidine rings is 1. The van der Waals surface area contributed by atoms with Crippen molar-refractivity contribution in [3.8, 4) is 0 Å². The molecule has 4 rings (SSSR count). The van der Waals surface area contributed by atoms with Gasteiger partial charge in [-0.1, -0.05) is 55.9 Å². The zero-order valence-electron chi connectivity index (χ0n) is 16.2. The van der Waals surface area contributed by atoms with E-state index < -0.39 is 0 Å². The van der Waals surface area contributed by atoms with Gasteiger partial charge < -0.3 is 10.2 Å². The topological polar surface area (TPSA) is 15.3 Å². The van der Waals surface area contributed by atoms with Crippen LogP contribution in [0.1, 0.15) is 74.5 Å². The lowest BCUT2D eigenvalue weighted by Gasteiger charge is -2.46. The van der Waals surface area contributed by atoms with E-state index in [1.807, 2.05) is 0 Å². The molecule has 2 heterocycles. The van der Waals surface area contributed by atoms with E-state index in [0.29, 0.717) is 5.41 Å². The van der Waals surface area contributed by atoms with E-state index >= 15 is 0 Å². The van der Waals surface area contributed by atoms with Gasteiger partial charge in [-0.3, -0.25) is 0 Å². The minimum absolute atomic E-state index is 0.400. The highest BCUT2D eigenvalue weighted by molar-refractivity contribution is 5.40. The number of hydrogen-bond acceptors (Lipinski definition) is 2. The first-order valence-electron chi connectivity index (χ1n) is 10.8. The molecule has 0 amide bonds. The Labute approximate surface area is 154 Å². The van der Waals surface area contributed by atoms with Crippen molar-refractivity contribution in [1.29, 1.82) is 0 Å². The lowest BCUT2D eigenvalue weighted by Crippen LogP contribution is -2.51. The molecule has 0 aromatic heterocycles. The summed E-state index contributed by atoms with van der Waals surface area (Å²) in [4.78, 5) is 2.79. The Bertz CT molecular complexity index is 563. The van der Waals surface area contributed by atoms with Crippen LogP contribution in [0.2, 0.25) is 0 Å². The first-order chi connectivity index (χ1) is 12.3. The van der Waals surface area contributed by atoms with Gasteiger partial charge >= 0.3 is 0 Å². The molecule has 1 N–H and O–H groups in total. The second-order valence-electron chi connectivity index (χ2n) is 9.06. The normalized spacial score (nSPS) is 25.3. The second-order valence-corrected chi connectivity index (χ2v) is 9.06. The van der Waals surface area contributed by atoms with Gasteiger partial charge in [-0.2, -0.15) is 0 Å². The lowest BCUT2D eigenvalue weighted by molar-refractivity contribution is 0.125. The Kier molecular flexibility index (Phi) is 5.47. The number of aryl methyl sites for hydroxylation is 1. The quantitative estimate of drug-likeness (QED) is 0.832. The Balaban J connectivity index is 1.39. The number of likely N-dealkylation sites (tertiary alicyclic amines) is 1. The van der Waals surface area contributed by atoms with Gasteiger partial charge in [0.15, 0.2) is 0 Å². The van der Waals surface area contributed by atoms with Crippen LogP contribution >= 0.6 is 0 Å². The lowest BCUT2D eigenvalue weighted by atomic mass is 9.69. The van der Waals surface area contributed by atoms with Crippen LogP contribution < -0.4 is 5.32 Å². The van der Waals surface area contributed by atoms with Crippen LogP contribution in [-0.4, -0.2) is 31.1 Å². The van der Waals surface area contributed by atoms with E-state index in [1.165, 1.54) is 89.5 Å². The maximum Gasteiger partial charge on any atom is 0.0208 e. The third-order valence-electron chi connectivity index (χ3n) is 7.17. The summed E-state index contributed by atoms with van der Waals surface area (Å²) in [6.45, 7) is 8.45. The fourth-order valence-electron chi connectivity index (χ4n) is 5.57. The largest absolute Gasteiger partial charge is 0.312 e. The molecule has 0 atom stereocenters. The van der Waals surface area contributed by atoms with Crippen LogP contribution in [0, 0.1) is 12.8 Å². The van der Waals surface area contributed by atoms with Crippen molar-refractivity contribution in [2.75, 3.05) is 26.2 Å². The Morgan fingerprint density at radius 2 is 1.76 bits per heavy atom.